The smallest absolute Gasteiger partial charge is 0.319 e. The number of carbonyl (C=O) groups is 2. The molecule has 0 aliphatic rings. The molecule has 112 valence electrons. The van der Waals surface area contributed by atoms with E-state index in [0.717, 1.165) is 6.54 Å². The van der Waals surface area contributed by atoms with Gasteiger partial charge < -0.3 is 16.0 Å². The minimum absolute atomic E-state index is 0.225. The fourth-order valence-electron chi connectivity index (χ4n) is 1.51. The third-order valence-corrected chi connectivity index (χ3v) is 2.45. The SMILES string of the molecule is CCn1cc(NC(=O)NC(C)C(=O)NC(C)(C)C)cn1. The second-order valence-corrected chi connectivity index (χ2v) is 5.64. The van der Waals surface area contributed by atoms with E-state index in [4.69, 9.17) is 0 Å². The zero-order valence-electron chi connectivity index (χ0n) is 12.7. The Bertz CT molecular complexity index is 475. The zero-order chi connectivity index (χ0) is 15.3. The Labute approximate surface area is 119 Å². The number of rotatable bonds is 4. The number of hydrogen-bond acceptors (Lipinski definition) is 3. The highest BCUT2D eigenvalue weighted by Gasteiger charge is 2.20. The Morgan fingerprint density at radius 1 is 1.40 bits per heavy atom. The highest BCUT2D eigenvalue weighted by atomic mass is 16.2. The molecule has 20 heavy (non-hydrogen) atoms. The van der Waals surface area contributed by atoms with Gasteiger partial charge in [0.15, 0.2) is 0 Å². The van der Waals surface area contributed by atoms with Crippen LogP contribution in [0.2, 0.25) is 0 Å². The number of amides is 3. The molecule has 3 amide bonds. The minimum Gasteiger partial charge on any atom is -0.350 e. The summed E-state index contributed by atoms with van der Waals surface area (Å²) in [7, 11) is 0. The summed E-state index contributed by atoms with van der Waals surface area (Å²) in [5.41, 5.74) is 0.263. The standard InChI is InChI=1S/C13H23N5O2/c1-6-18-8-10(7-14-18)16-12(20)15-9(2)11(19)17-13(3,4)5/h7-9H,6H2,1-5H3,(H,17,19)(H2,15,16,20). The van der Waals surface area contributed by atoms with Crippen LogP contribution >= 0.6 is 0 Å². The quantitative estimate of drug-likeness (QED) is 0.778. The van der Waals surface area contributed by atoms with Gasteiger partial charge in [-0.1, -0.05) is 0 Å². The molecule has 1 aromatic heterocycles. The number of anilines is 1. The number of aromatic nitrogens is 2. The number of carbonyl (C=O) groups excluding carboxylic acids is 2. The molecule has 0 radical (unpaired) electrons. The van der Waals surface area contributed by atoms with Gasteiger partial charge in [-0.05, 0) is 34.6 Å². The van der Waals surface area contributed by atoms with E-state index in [2.05, 4.69) is 21.0 Å². The van der Waals surface area contributed by atoms with E-state index >= 15 is 0 Å². The summed E-state index contributed by atoms with van der Waals surface area (Å²) in [6, 6.07) is -1.05. The number of urea groups is 1. The maximum Gasteiger partial charge on any atom is 0.319 e. The lowest BCUT2D eigenvalue weighted by Gasteiger charge is -2.23. The third kappa shape index (κ3) is 5.29. The first-order valence-electron chi connectivity index (χ1n) is 6.63. The van der Waals surface area contributed by atoms with Crippen LogP contribution in [0.25, 0.3) is 0 Å². The second-order valence-electron chi connectivity index (χ2n) is 5.64. The van der Waals surface area contributed by atoms with Crippen LogP contribution in [0.15, 0.2) is 12.4 Å². The van der Waals surface area contributed by atoms with Crippen molar-refractivity contribution in [3.05, 3.63) is 12.4 Å². The van der Waals surface area contributed by atoms with E-state index in [1.165, 1.54) is 0 Å². The molecular weight excluding hydrogens is 258 g/mol. The normalized spacial score (nSPS) is 12.7. The van der Waals surface area contributed by atoms with Crippen LogP contribution in [0.3, 0.4) is 0 Å². The number of aryl methyl sites for hydroxylation is 1. The largest absolute Gasteiger partial charge is 0.350 e. The lowest BCUT2D eigenvalue weighted by atomic mass is 10.1. The summed E-state index contributed by atoms with van der Waals surface area (Å²) in [4.78, 5) is 23.6. The lowest BCUT2D eigenvalue weighted by molar-refractivity contribution is -0.123. The zero-order valence-corrected chi connectivity index (χ0v) is 12.7. The first-order valence-corrected chi connectivity index (χ1v) is 6.63. The van der Waals surface area contributed by atoms with Crippen molar-refractivity contribution in [1.82, 2.24) is 20.4 Å². The van der Waals surface area contributed by atoms with Gasteiger partial charge in [-0.15, -0.1) is 0 Å². The average molecular weight is 281 g/mol. The average Bonchev–Trinajstić information content (AvgIpc) is 2.74. The molecule has 1 unspecified atom stereocenters. The van der Waals surface area contributed by atoms with Gasteiger partial charge in [0, 0.05) is 18.3 Å². The maximum absolute atomic E-state index is 11.8. The Morgan fingerprint density at radius 3 is 2.55 bits per heavy atom. The van der Waals surface area contributed by atoms with E-state index in [1.807, 2.05) is 27.7 Å². The Hall–Kier alpha value is -2.05. The highest BCUT2D eigenvalue weighted by Crippen LogP contribution is 2.04. The van der Waals surface area contributed by atoms with E-state index in [9.17, 15) is 9.59 Å². The van der Waals surface area contributed by atoms with E-state index in [-0.39, 0.29) is 11.4 Å². The Balaban J connectivity index is 2.47. The van der Waals surface area contributed by atoms with Gasteiger partial charge in [0.25, 0.3) is 0 Å². The second kappa shape index (κ2) is 6.40. The molecule has 0 bridgehead atoms. The third-order valence-electron chi connectivity index (χ3n) is 2.45. The molecule has 7 heteroatoms. The van der Waals surface area contributed by atoms with E-state index < -0.39 is 12.1 Å². The molecule has 0 saturated carbocycles. The Kier molecular flexibility index (Phi) is 5.12. The topological polar surface area (TPSA) is 88.0 Å². The van der Waals surface area contributed by atoms with Gasteiger partial charge in [-0.2, -0.15) is 5.10 Å². The molecule has 7 nitrogen and oxygen atoms in total. The molecule has 1 atom stereocenters. The summed E-state index contributed by atoms with van der Waals surface area (Å²) in [6.45, 7) is 9.98. The van der Waals surface area contributed by atoms with Crippen LogP contribution in [-0.2, 0) is 11.3 Å². The van der Waals surface area contributed by atoms with Crippen LogP contribution in [0.4, 0.5) is 10.5 Å². The van der Waals surface area contributed by atoms with Crippen molar-refractivity contribution in [2.24, 2.45) is 0 Å². The molecular formula is C13H23N5O2. The first-order chi connectivity index (χ1) is 9.21. The van der Waals surface area contributed by atoms with Crippen LogP contribution in [0.1, 0.15) is 34.6 Å². The lowest BCUT2D eigenvalue weighted by Crippen LogP contribution is -2.51. The van der Waals surface area contributed by atoms with Crippen LogP contribution < -0.4 is 16.0 Å². The maximum atomic E-state index is 11.8. The van der Waals surface area contributed by atoms with Crippen molar-refractivity contribution in [3.8, 4) is 0 Å². The van der Waals surface area contributed by atoms with Gasteiger partial charge in [-0.25, -0.2) is 4.79 Å². The number of nitrogens with zero attached hydrogens (tertiary/aromatic N) is 2. The van der Waals surface area contributed by atoms with Crippen molar-refractivity contribution in [2.45, 2.75) is 52.7 Å². The van der Waals surface area contributed by atoms with Crippen molar-refractivity contribution >= 4 is 17.6 Å². The fourth-order valence-corrected chi connectivity index (χ4v) is 1.51. The van der Waals surface area contributed by atoms with Crippen LogP contribution in [-0.4, -0.2) is 33.3 Å². The van der Waals surface area contributed by atoms with Gasteiger partial charge >= 0.3 is 6.03 Å². The van der Waals surface area contributed by atoms with Crippen molar-refractivity contribution in [3.63, 3.8) is 0 Å². The summed E-state index contributed by atoms with van der Waals surface area (Å²) >= 11 is 0. The summed E-state index contributed by atoms with van der Waals surface area (Å²) in [5.74, 6) is -0.225. The molecule has 0 aliphatic carbocycles. The molecule has 0 spiro atoms. The number of nitrogens with one attached hydrogen (secondary N) is 3. The predicted octanol–water partition coefficient (Wildman–Crippen LogP) is 1.33. The fraction of sp³-hybridized carbons (Fsp3) is 0.615. The molecule has 3 N–H and O–H groups in total. The van der Waals surface area contributed by atoms with Gasteiger partial charge in [0.1, 0.15) is 6.04 Å². The summed E-state index contributed by atoms with van der Waals surface area (Å²) in [6.07, 6.45) is 3.28. The molecule has 1 aromatic rings. The highest BCUT2D eigenvalue weighted by molar-refractivity contribution is 5.93. The first kappa shape index (κ1) is 16.0. The number of hydrogen-bond donors (Lipinski definition) is 3. The summed E-state index contributed by atoms with van der Waals surface area (Å²) < 4.78 is 1.70. The van der Waals surface area contributed by atoms with Gasteiger partial charge in [0.2, 0.25) is 5.91 Å². The van der Waals surface area contributed by atoms with Gasteiger partial charge in [-0.3, -0.25) is 9.48 Å². The predicted molar refractivity (Wildman–Crippen MR) is 77.4 cm³/mol. The molecule has 1 rings (SSSR count). The van der Waals surface area contributed by atoms with Crippen molar-refractivity contribution in [2.75, 3.05) is 5.32 Å². The summed E-state index contributed by atoms with van der Waals surface area (Å²) in [5, 5.41) is 12.1. The van der Waals surface area contributed by atoms with Crippen LogP contribution in [0, 0.1) is 0 Å². The molecule has 0 fully saturated rings. The van der Waals surface area contributed by atoms with Crippen molar-refractivity contribution < 1.29 is 9.59 Å². The monoisotopic (exact) mass is 281 g/mol. The van der Waals surface area contributed by atoms with Crippen LogP contribution in [0.5, 0.6) is 0 Å². The van der Waals surface area contributed by atoms with E-state index in [1.54, 1.807) is 24.0 Å². The molecule has 1 heterocycles. The molecule has 0 aromatic carbocycles. The van der Waals surface area contributed by atoms with E-state index in [0.29, 0.717) is 5.69 Å². The molecule has 0 aliphatic heterocycles. The van der Waals surface area contributed by atoms with Gasteiger partial charge in [0.05, 0.1) is 11.9 Å². The van der Waals surface area contributed by atoms with Crippen molar-refractivity contribution in [1.29, 1.82) is 0 Å². The Morgan fingerprint density at radius 2 is 2.05 bits per heavy atom. The molecule has 0 saturated heterocycles. The minimum atomic E-state index is -0.615.